The first-order valence-electron chi connectivity index (χ1n) is 6.59. The van der Waals surface area contributed by atoms with Gasteiger partial charge in [0.2, 0.25) is 0 Å². The standard InChI is InChI=1S/C15H15N5O/c1-20-14(6-8-18-20)19-15(21)17-10-11-4-5-13-12(9-11)3-2-7-16-13/h2-9H,10H2,1H3,(H2,17,19,21). The zero-order chi connectivity index (χ0) is 14.7. The summed E-state index contributed by atoms with van der Waals surface area (Å²) in [4.78, 5) is 16.1. The van der Waals surface area contributed by atoms with Crippen molar-refractivity contribution in [2.75, 3.05) is 5.32 Å². The lowest BCUT2D eigenvalue weighted by atomic mass is 10.1. The summed E-state index contributed by atoms with van der Waals surface area (Å²) in [5, 5.41) is 10.6. The van der Waals surface area contributed by atoms with Crippen LogP contribution >= 0.6 is 0 Å². The van der Waals surface area contributed by atoms with Gasteiger partial charge in [0, 0.05) is 31.2 Å². The predicted molar refractivity (Wildman–Crippen MR) is 80.8 cm³/mol. The fraction of sp³-hybridized carbons (Fsp3) is 0.133. The number of urea groups is 1. The number of nitrogens with one attached hydrogen (secondary N) is 2. The lowest BCUT2D eigenvalue weighted by Gasteiger charge is -2.08. The van der Waals surface area contributed by atoms with E-state index in [1.165, 1.54) is 0 Å². The van der Waals surface area contributed by atoms with Gasteiger partial charge in [-0.2, -0.15) is 5.10 Å². The van der Waals surface area contributed by atoms with Gasteiger partial charge in [0.15, 0.2) is 0 Å². The minimum atomic E-state index is -0.259. The molecule has 0 unspecified atom stereocenters. The van der Waals surface area contributed by atoms with Crippen LogP contribution in [0.15, 0.2) is 48.8 Å². The summed E-state index contributed by atoms with van der Waals surface area (Å²) in [7, 11) is 1.77. The monoisotopic (exact) mass is 281 g/mol. The highest BCUT2D eigenvalue weighted by Crippen LogP contribution is 2.13. The number of aromatic nitrogens is 3. The van der Waals surface area contributed by atoms with Crippen molar-refractivity contribution in [2.45, 2.75) is 6.54 Å². The van der Waals surface area contributed by atoms with Crippen molar-refractivity contribution in [3.05, 3.63) is 54.4 Å². The molecule has 0 atom stereocenters. The smallest absolute Gasteiger partial charge is 0.320 e. The van der Waals surface area contributed by atoms with Gasteiger partial charge in [0.05, 0.1) is 11.7 Å². The predicted octanol–water partition coefficient (Wildman–Crippen LogP) is 2.29. The highest BCUT2D eigenvalue weighted by atomic mass is 16.2. The third kappa shape index (κ3) is 3.00. The summed E-state index contributed by atoms with van der Waals surface area (Å²) in [5.74, 6) is 0.648. The first-order valence-corrected chi connectivity index (χ1v) is 6.59. The van der Waals surface area contributed by atoms with Gasteiger partial charge in [-0.25, -0.2) is 4.79 Å². The number of carbonyl (C=O) groups is 1. The van der Waals surface area contributed by atoms with Gasteiger partial charge in [-0.15, -0.1) is 0 Å². The van der Waals surface area contributed by atoms with Gasteiger partial charge in [0.1, 0.15) is 5.82 Å². The fourth-order valence-corrected chi connectivity index (χ4v) is 2.07. The quantitative estimate of drug-likeness (QED) is 0.773. The first kappa shape index (κ1) is 13.1. The van der Waals surface area contributed by atoms with E-state index in [1.807, 2.05) is 30.3 Å². The Balaban J connectivity index is 1.63. The second-order valence-electron chi connectivity index (χ2n) is 4.68. The van der Waals surface area contributed by atoms with Crippen molar-refractivity contribution >= 4 is 22.8 Å². The number of anilines is 1. The van der Waals surface area contributed by atoms with Gasteiger partial charge < -0.3 is 5.32 Å². The topological polar surface area (TPSA) is 71.8 Å². The number of hydrogen-bond donors (Lipinski definition) is 2. The van der Waals surface area contributed by atoms with Crippen molar-refractivity contribution in [3.63, 3.8) is 0 Å². The summed E-state index contributed by atoms with van der Waals surface area (Å²) in [6, 6.07) is 11.3. The summed E-state index contributed by atoms with van der Waals surface area (Å²) in [6.45, 7) is 0.453. The molecule has 3 aromatic rings. The molecular formula is C15H15N5O. The van der Waals surface area contributed by atoms with Crippen molar-refractivity contribution in [3.8, 4) is 0 Å². The molecular weight excluding hydrogens is 266 g/mol. The molecule has 6 nitrogen and oxygen atoms in total. The first-order chi connectivity index (χ1) is 10.2. The molecule has 2 heterocycles. The number of hydrogen-bond acceptors (Lipinski definition) is 3. The minimum Gasteiger partial charge on any atom is -0.334 e. The van der Waals surface area contributed by atoms with Crippen LogP contribution in [-0.4, -0.2) is 20.8 Å². The highest BCUT2D eigenvalue weighted by molar-refractivity contribution is 5.88. The van der Waals surface area contributed by atoms with Crippen LogP contribution in [0.25, 0.3) is 10.9 Å². The summed E-state index contributed by atoms with van der Waals surface area (Å²) in [5.41, 5.74) is 1.97. The van der Waals surface area contributed by atoms with Gasteiger partial charge in [-0.05, 0) is 23.8 Å². The van der Waals surface area contributed by atoms with E-state index in [0.29, 0.717) is 12.4 Å². The summed E-state index contributed by atoms with van der Waals surface area (Å²) < 4.78 is 1.60. The van der Waals surface area contributed by atoms with Crippen LogP contribution < -0.4 is 10.6 Å². The number of benzene rings is 1. The number of rotatable bonds is 3. The van der Waals surface area contributed by atoms with Crippen LogP contribution in [0.2, 0.25) is 0 Å². The Hall–Kier alpha value is -2.89. The lowest BCUT2D eigenvalue weighted by molar-refractivity contribution is 0.251. The summed E-state index contributed by atoms with van der Waals surface area (Å²) >= 11 is 0. The third-order valence-electron chi connectivity index (χ3n) is 3.18. The van der Waals surface area contributed by atoms with Gasteiger partial charge in [0.25, 0.3) is 0 Å². The Labute approximate surface area is 121 Å². The molecule has 0 bridgehead atoms. The fourth-order valence-electron chi connectivity index (χ4n) is 2.07. The third-order valence-corrected chi connectivity index (χ3v) is 3.18. The SMILES string of the molecule is Cn1nccc1NC(=O)NCc1ccc2ncccc2c1. The van der Waals surface area contributed by atoms with E-state index < -0.39 is 0 Å². The molecule has 2 aromatic heterocycles. The van der Waals surface area contributed by atoms with Crippen LogP contribution in [0.5, 0.6) is 0 Å². The number of carbonyl (C=O) groups excluding carboxylic acids is 1. The molecule has 0 saturated heterocycles. The zero-order valence-corrected chi connectivity index (χ0v) is 11.6. The molecule has 1 aromatic carbocycles. The average molecular weight is 281 g/mol. The van der Waals surface area contributed by atoms with Gasteiger partial charge in [-0.1, -0.05) is 12.1 Å². The second kappa shape index (κ2) is 5.62. The van der Waals surface area contributed by atoms with Crippen molar-refractivity contribution in [1.82, 2.24) is 20.1 Å². The summed E-state index contributed by atoms with van der Waals surface area (Å²) in [6.07, 6.45) is 3.40. The van der Waals surface area contributed by atoms with Crippen LogP contribution in [-0.2, 0) is 13.6 Å². The molecule has 106 valence electrons. The Bertz CT molecular complexity index is 780. The molecule has 0 radical (unpaired) electrons. The number of aryl methyl sites for hydroxylation is 1. The molecule has 0 aliphatic carbocycles. The maximum atomic E-state index is 11.8. The van der Waals surface area contributed by atoms with Crippen LogP contribution in [0, 0.1) is 0 Å². The highest BCUT2D eigenvalue weighted by Gasteiger charge is 2.05. The molecule has 0 aliphatic rings. The second-order valence-corrected chi connectivity index (χ2v) is 4.68. The van der Waals surface area contributed by atoms with E-state index in [4.69, 9.17) is 0 Å². The minimum absolute atomic E-state index is 0.259. The zero-order valence-electron chi connectivity index (χ0n) is 11.6. The molecule has 3 rings (SSSR count). The maximum absolute atomic E-state index is 11.8. The molecule has 21 heavy (non-hydrogen) atoms. The van der Waals surface area contributed by atoms with E-state index >= 15 is 0 Å². The number of amides is 2. The largest absolute Gasteiger partial charge is 0.334 e. The molecule has 0 fully saturated rings. The van der Waals surface area contributed by atoms with Crippen LogP contribution in [0.1, 0.15) is 5.56 Å². The van der Waals surface area contributed by atoms with E-state index in [2.05, 4.69) is 20.7 Å². The molecule has 0 aliphatic heterocycles. The van der Waals surface area contributed by atoms with Gasteiger partial charge in [-0.3, -0.25) is 15.0 Å². The Morgan fingerprint density at radius 2 is 2.14 bits per heavy atom. The molecule has 6 heteroatoms. The number of fused-ring (bicyclic) bond motifs is 1. The normalized spacial score (nSPS) is 10.5. The van der Waals surface area contributed by atoms with Crippen molar-refractivity contribution in [2.24, 2.45) is 7.05 Å². The van der Waals surface area contributed by atoms with Crippen LogP contribution in [0.3, 0.4) is 0 Å². The van der Waals surface area contributed by atoms with Crippen LogP contribution in [0.4, 0.5) is 10.6 Å². The van der Waals surface area contributed by atoms with E-state index in [-0.39, 0.29) is 6.03 Å². The molecule has 2 N–H and O–H groups in total. The van der Waals surface area contributed by atoms with Gasteiger partial charge >= 0.3 is 6.03 Å². The van der Waals surface area contributed by atoms with E-state index in [0.717, 1.165) is 16.5 Å². The lowest BCUT2D eigenvalue weighted by Crippen LogP contribution is -2.29. The Morgan fingerprint density at radius 1 is 1.24 bits per heavy atom. The Kier molecular flexibility index (Phi) is 3.51. The maximum Gasteiger partial charge on any atom is 0.320 e. The van der Waals surface area contributed by atoms with Crippen molar-refractivity contribution in [1.29, 1.82) is 0 Å². The van der Waals surface area contributed by atoms with E-state index in [9.17, 15) is 4.79 Å². The number of nitrogens with zero attached hydrogens (tertiary/aromatic N) is 3. The molecule has 0 spiro atoms. The van der Waals surface area contributed by atoms with Crippen molar-refractivity contribution < 1.29 is 4.79 Å². The molecule has 0 saturated carbocycles. The average Bonchev–Trinajstić information content (AvgIpc) is 2.90. The Morgan fingerprint density at radius 3 is 2.95 bits per heavy atom. The van der Waals surface area contributed by atoms with E-state index in [1.54, 1.807) is 30.2 Å². The molecule has 2 amide bonds. The number of pyridine rings is 1.